The monoisotopic (exact) mass is 275 g/mol. The Hall–Kier alpha value is -1.02. The molecule has 0 radical (unpaired) electrons. The zero-order valence-electron chi connectivity index (χ0n) is 13.6. The van der Waals surface area contributed by atoms with E-state index >= 15 is 0 Å². The smallest absolute Gasteiger partial charge is 0.123 e. The number of para-hydroxylation sites is 1. The number of likely N-dealkylation sites (N-methyl/N-ethyl adjacent to an activating group) is 1. The second-order valence-corrected chi connectivity index (χ2v) is 7.15. The lowest BCUT2D eigenvalue weighted by Crippen LogP contribution is -2.47. The van der Waals surface area contributed by atoms with Gasteiger partial charge in [-0.05, 0) is 49.3 Å². The Bertz CT molecular complexity index is 439. The van der Waals surface area contributed by atoms with Gasteiger partial charge in [-0.3, -0.25) is 0 Å². The molecule has 0 aromatic heterocycles. The van der Waals surface area contributed by atoms with Crippen molar-refractivity contribution >= 4 is 0 Å². The number of benzene rings is 1. The van der Waals surface area contributed by atoms with Crippen LogP contribution in [0.3, 0.4) is 0 Å². The highest BCUT2D eigenvalue weighted by atomic mass is 16.5. The first-order valence-corrected chi connectivity index (χ1v) is 7.86. The molecule has 1 aliphatic carbocycles. The van der Waals surface area contributed by atoms with Crippen molar-refractivity contribution in [2.45, 2.75) is 65.0 Å². The Labute approximate surface area is 123 Å². The van der Waals surface area contributed by atoms with E-state index in [2.05, 4.69) is 57.3 Å². The van der Waals surface area contributed by atoms with Gasteiger partial charge in [0.2, 0.25) is 0 Å². The molecular formula is C18H29NO. The molecule has 1 N–H and O–H groups in total. The van der Waals surface area contributed by atoms with E-state index < -0.39 is 0 Å². The number of hydrogen-bond donors (Lipinski definition) is 1. The van der Waals surface area contributed by atoms with Crippen LogP contribution in [0.4, 0.5) is 0 Å². The molecule has 0 saturated heterocycles. The van der Waals surface area contributed by atoms with Crippen LogP contribution in [-0.2, 0) is 0 Å². The zero-order valence-corrected chi connectivity index (χ0v) is 13.6. The molecule has 2 atom stereocenters. The quantitative estimate of drug-likeness (QED) is 0.881. The van der Waals surface area contributed by atoms with Gasteiger partial charge in [0, 0.05) is 6.04 Å². The highest BCUT2D eigenvalue weighted by molar-refractivity contribution is 5.35. The van der Waals surface area contributed by atoms with Crippen LogP contribution in [0.15, 0.2) is 24.3 Å². The minimum absolute atomic E-state index is 0.267. The summed E-state index contributed by atoms with van der Waals surface area (Å²) in [5, 5.41) is 3.44. The van der Waals surface area contributed by atoms with Crippen LogP contribution >= 0.6 is 0 Å². The van der Waals surface area contributed by atoms with E-state index in [0.29, 0.717) is 17.4 Å². The van der Waals surface area contributed by atoms with Crippen molar-refractivity contribution in [3.05, 3.63) is 29.8 Å². The predicted octanol–water partition coefficient (Wildman–Crippen LogP) is 4.36. The molecule has 2 nitrogen and oxygen atoms in total. The largest absolute Gasteiger partial charge is 0.488 e. The topological polar surface area (TPSA) is 21.3 Å². The number of ether oxygens (including phenoxy) is 1. The van der Waals surface area contributed by atoms with Crippen LogP contribution in [0.2, 0.25) is 0 Å². The van der Waals surface area contributed by atoms with Crippen molar-refractivity contribution in [1.82, 2.24) is 5.32 Å². The van der Waals surface area contributed by atoms with Crippen molar-refractivity contribution < 1.29 is 4.74 Å². The van der Waals surface area contributed by atoms with Gasteiger partial charge in [-0.25, -0.2) is 0 Å². The SMILES string of the molecule is CNC1CCC(C)(C)CC1Oc1ccccc1C(C)C. The van der Waals surface area contributed by atoms with Gasteiger partial charge >= 0.3 is 0 Å². The Morgan fingerprint density at radius 1 is 1.25 bits per heavy atom. The number of hydrogen-bond acceptors (Lipinski definition) is 2. The van der Waals surface area contributed by atoms with Gasteiger partial charge in [-0.1, -0.05) is 45.9 Å². The van der Waals surface area contributed by atoms with Crippen LogP contribution in [0.25, 0.3) is 0 Å². The summed E-state index contributed by atoms with van der Waals surface area (Å²) in [5.74, 6) is 1.56. The van der Waals surface area contributed by atoms with E-state index in [0.717, 1.165) is 12.2 Å². The molecule has 2 rings (SSSR count). The first kappa shape index (κ1) is 15.4. The average Bonchev–Trinajstić information content (AvgIpc) is 2.38. The zero-order chi connectivity index (χ0) is 14.8. The lowest BCUT2D eigenvalue weighted by molar-refractivity contribution is 0.0550. The minimum Gasteiger partial charge on any atom is -0.488 e. The van der Waals surface area contributed by atoms with E-state index in [1.165, 1.54) is 18.4 Å². The molecular weight excluding hydrogens is 246 g/mol. The van der Waals surface area contributed by atoms with Crippen LogP contribution < -0.4 is 10.1 Å². The molecule has 1 aromatic carbocycles. The van der Waals surface area contributed by atoms with Crippen LogP contribution in [0.1, 0.15) is 58.4 Å². The van der Waals surface area contributed by atoms with Gasteiger partial charge in [0.05, 0.1) is 0 Å². The van der Waals surface area contributed by atoms with Gasteiger partial charge < -0.3 is 10.1 Å². The predicted molar refractivity (Wildman–Crippen MR) is 85.4 cm³/mol. The van der Waals surface area contributed by atoms with E-state index in [9.17, 15) is 0 Å². The summed E-state index contributed by atoms with van der Waals surface area (Å²) in [4.78, 5) is 0. The molecule has 1 aliphatic rings. The second-order valence-electron chi connectivity index (χ2n) is 7.15. The van der Waals surface area contributed by atoms with Gasteiger partial charge in [-0.2, -0.15) is 0 Å². The fraction of sp³-hybridized carbons (Fsp3) is 0.667. The Kier molecular flexibility index (Phi) is 4.74. The third-order valence-electron chi connectivity index (χ3n) is 4.52. The Morgan fingerprint density at radius 3 is 2.60 bits per heavy atom. The summed E-state index contributed by atoms with van der Waals surface area (Å²) >= 11 is 0. The van der Waals surface area contributed by atoms with Crippen LogP contribution in [0, 0.1) is 5.41 Å². The first-order chi connectivity index (χ1) is 9.43. The maximum atomic E-state index is 6.42. The summed E-state index contributed by atoms with van der Waals surface area (Å²) in [6.45, 7) is 9.15. The molecule has 1 aromatic rings. The third kappa shape index (κ3) is 3.54. The van der Waals surface area contributed by atoms with E-state index in [1.807, 2.05) is 7.05 Å². The summed E-state index contributed by atoms with van der Waals surface area (Å²) in [6, 6.07) is 8.93. The van der Waals surface area contributed by atoms with Crippen molar-refractivity contribution in [3.63, 3.8) is 0 Å². The van der Waals surface area contributed by atoms with Gasteiger partial charge in [0.15, 0.2) is 0 Å². The minimum atomic E-state index is 0.267. The standard InChI is InChI=1S/C18H29NO/c1-13(2)14-8-6-7-9-16(14)20-17-12-18(3,4)11-10-15(17)19-5/h6-9,13,15,17,19H,10-12H2,1-5H3. The normalized spacial score (nSPS) is 25.7. The maximum absolute atomic E-state index is 6.42. The summed E-state index contributed by atoms with van der Waals surface area (Å²) < 4.78 is 6.42. The van der Waals surface area contributed by atoms with Crippen molar-refractivity contribution in [2.75, 3.05) is 7.05 Å². The van der Waals surface area contributed by atoms with Gasteiger partial charge in [0.25, 0.3) is 0 Å². The molecule has 0 spiro atoms. The molecule has 2 heteroatoms. The lowest BCUT2D eigenvalue weighted by atomic mass is 9.74. The summed E-state index contributed by atoms with van der Waals surface area (Å²) in [7, 11) is 2.05. The fourth-order valence-corrected chi connectivity index (χ4v) is 3.20. The van der Waals surface area contributed by atoms with Crippen LogP contribution in [0.5, 0.6) is 5.75 Å². The Morgan fingerprint density at radius 2 is 1.95 bits per heavy atom. The maximum Gasteiger partial charge on any atom is 0.123 e. The van der Waals surface area contributed by atoms with Crippen LogP contribution in [-0.4, -0.2) is 19.2 Å². The second kappa shape index (κ2) is 6.17. The molecule has 0 amide bonds. The highest BCUT2D eigenvalue weighted by Gasteiger charge is 2.35. The van der Waals surface area contributed by atoms with Crippen molar-refractivity contribution in [1.29, 1.82) is 0 Å². The average molecular weight is 275 g/mol. The number of nitrogens with one attached hydrogen (secondary N) is 1. The van der Waals surface area contributed by atoms with E-state index in [4.69, 9.17) is 4.74 Å². The van der Waals surface area contributed by atoms with Crippen molar-refractivity contribution in [2.24, 2.45) is 5.41 Å². The highest BCUT2D eigenvalue weighted by Crippen LogP contribution is 2.38. The van der Waals surface area contributed by atoms with Crippen molar-refractivity contribution in [3.8, 4) is 5.75 Å². The van der Waals surface area contributed by atoms with E-state index in [1.54, 1.807) is 0 Å². The number of rotatable bonds is 4. The summed E-state index contributed by atoms with van der Waals surface area (Å²) in [6.07, 6.45) is 3.84. The first-order valence-electron chi connectivity index (χ1n) is 7.86. The molecule has 0 bridgehead atoms. The molecule has 20 heavy (non-hydrogen) atoms. The third-order valence-corrected chi connectivity index (χ3v) is 4.52. The molecule has 0 heterocycles. The van der Waals surface area contributed by atoms with Gasteiger partial charge in [-0.15, -0.1) is 0 Å². The molecule has 0 aliphatic heterocycles. The molecule has 2 unspecified atom stereocenters. The molecule has 1 fully saturated rings. The summed E-state index contributed by atoms with van der Waals surface area (Å²) in [5.41, 5.74) is 1.69. The lowest BCUT2D eigenvalue weighted by Gasteiger charge is -2.40. The molecule has 1 saturated carbocycles. The van der Waals surface area contributed by atoms with Gasteiger partial charge in [0.1, 0.15) is 11.9 Å². The van der Waals surface area contributed by atoms with E-state index in [-0.39, 0.29) is 6.10 Å². The fourth-order valence-electron chi connectivity index (χ4n) is 3.20. The Balaban J connectivity index is 2.18. The molecule has 112 valence electrons.